The van der Waals surface area contributed by atoms with Crippen LogP contribution in [0.3, 0.4) is 0 Å². The zero-order valence-corrected chi connectivity index (χ0v) is 18.4. The number of ether oxygens (including phenoxy) is 1. The van der Waals surface area contributed by atoms with Gasteiger partial charge in [0.2, 0.25) is 5.89 Å². The number of carboxylic acid groups (broad SMARTS) is 1. The van der Waals surface area contributed by atoms with Crippen LogP contribution in [0.1, 0.15) is 55.2 Å². The van der Waals surface area contributed by atoms with Crippen LogP contribution in [0.4, 0.5) is 4.79 Å². The number of aromatic nitrogens is 2. The lowest BCUT2D eigenvalue weighted by Crippen LogP contribution is -2.21. The van der Waals surface area contributed by atoms with Crippen LogP contribution in [-0.4, -0.2) is 33.0 Å². The maximum absolute atomic E-state index is 12.2. The molecule has 1 unspecified atom stereocenters. The van der Waals surface area contributed by atoms with Crippen LogP contribution in [0.2, 0.25) is 0 Å². The first kappa shape index (κ1) is 21.4. The minimum Gasteiger partial charge on any atom is -0.496 e. The number of carbonyl (C=O) groups is 1. The zero-order valence-electron chi connectivity index (χ0n) is 18.4. The summed E-state index contributed by atoms with van der Waals surface area (Å²) >= 11 is 0. The highest BCUT2D eigenvalue weighted by atomic mass is 16.5. The van der Waals surface area contributed by atoms with E-state index in [1.54, 1.807) is 37.3 Å². The maximum Gasteiger partial charge on any atom is 0.416 e. The molecule has 0 aliphatic carbocycles. The Bertz CT molecular complexity index is 1420. The molecule has 0 saturated carbocycles. The predicted molar refractivity (Wildman–Crippen MR) is 118 cm³/mol. The van der Waals surface area contributed by atoms with Crippen LogP contribution >= 0.6 is 0 Å². The number of aliphatic hydroxyl groups is 1. The Hall–Kier alpha value is -3.83. The molecule has 0 radical (unpaired) electrons. The molecule has 8 heteroatoms. The van der Waals surface area contributed by atoms with E-state index in [1.165, 1.54) is 11.7 Å². The standard InChI is InChI=1S/C24H23N3O5/c1-12-8-17(31-5)19(14-10-18(24(2,3)4)27(20(12)14)23(29)30)21(28)22-26-15-9-13(11-25)6-7-16(15)32-22/h6-10,21,28H,1-5H3,(H,29,30). The molecule has 0 aliphatic rings. The van der Waals surface area contributed by atoms with Gasteiger partial charge in [0.25, 0.3) is 0 Å². The van der Waals surface area contributed by atoms with Crippen LogP contribution < -0.4 is 4.74 Å². The third-order valence-electron chi connectivity index (χ3n) is 5.50. The number of benzene rings is 2. The van der Waals surface area contributed by atoms with Gasteiger partial charge in [0.15, 0.2) is 11.7 Å². The molecule has 164 valence electrons. The average Bonchev–Trinajstić information content (AvgIpc) is 3.34. The van der Waals surface area contributed by atoms with E-state index in [0.717, 1.165) is 0 Å². The maximum atomic E-state index is 12.2. The van der Waals surface area contributed by atoms with Crippen molar-refractivity contribution in [3.8, 4) is 11.8 Å². The van der Waals surface area contributed by atoms with Crippen LogP contribution in [0, 0.1) is 18.3 Å². The Morgan fingerprint density at radius 2 is 2.00 bits per heavy atom. The molecule has 1 atom stereocenters. The third-order valence-corrected chi connectivity index (χ3v) is 5.50. The number of fused-ring (bicyclic) bond motifs is 2. The predicted octanol–water partition coefficient (Wildman–Crippen LogP) is 4.88. The first-order chi connectivity index (χ1) is 15.1. The number of nitrogens with zero attached hydrogens (tertiary/aromatic N) is 3. The number of hydrogen-bond acceptors (Lipinski definition) is 6. The van der Waals surface area contributed by atoms with Crippen LogP contribution in [0.25, 0.3) is 22.0 Å². The van der Waals surface area contributed by atoms with E-state index in [2.05, 4.69) is 4.98 Å². The van der Waals surface area contributed by atoms with E-state index < -0.39 is 17.6 Å². The Labute approximate surface area is 184 Å². The molecule has 0 amide bonds. The van der Waals surface area contributed by atoms with Crippen molar-refractivity contribution in [2.75, 3.05) is 7.11 Å². The van der Waals surface area contributed by atoms with E-state index in [9.17, 15) is 15.0 Å². The fourth-order valence-corrected chi connectivity index (χ4v) is 4.04. The van der Waals surface area contributed by atoms with Gasteiger partial charge in [-0.3, -0.25) is 0 Å². The second-order valence-corrected chi connectivity index (χ2v) is 8.72. The highest BCUT2D eigenvalue weighted by molar-refractivity contribution is 5.96. The summed E-state index contributed by atoms with van der Waals surface area (Å²) in [7, 11) is 1.49. The average molecular weight is 433 g/mol. The smallest absolute Gasteiger partial charge is 0.416 e. The number of methoxy groups -OCH3 is 1. The van der Waals surface area contributed by atoms with Crippen molar-refractivity contribution in [1.29, 1.82) is 5.26 Å². The summed E-state index contributed by atoms with van der Waals surface area (Å²) in [6.45, 7) is 7.58. The highest BCUT2D eigenvalue weighted by Crippen LogP contribution is 2.41. The van der Waals surface area contributed by atoms with Crippen molar-refractivity contribution >= 4 is 28.1 Å². The molecule has 8 nitrogen and oxygen atoms in total. The van der Waals surface area contributed by atoms with Gasteiger partial charge in [-0.25, -0.2) is 14.3 Å². The minimum absolute atomic E-state index is 0.0268. The first-order valence-electron chi connectivity index (χ1n) is 10.0. The lowest BCUT2D eigenvalue weighted by molar-refractivity contribution is 0.183. The third kappa shape index (κ3) is 3.27. The summed E-state index contributed by atoms with van der Waals surface area (Å²) in [5.74, 6) is 0.421. The fourth-order valence-electron chi connectivity index (χ4n) is 4.04. The highest BCUT2D eigenvalue weighted by Gasteiger charge is 2.31. The SMILES string of the molecule is COc1cc(C)c2c(cc(C(C)(C)C)n2C(=O)O)c1C(O)c1nc2cc(C#N)ccc2o1. The zero-order chi connectivity index (χ0) is 23.4. The Balaban J connectivity index is 2.02. The van der Waals surface area contributed by atoms with Crippen LogP contribution in [0.15, 0.2) is 34.7 Å². The van der Waals surface area contributed by atoms with Crippen molar-refractivity contribution in [3.05, 3.63) is 58.6 Å². The summed E-state index contributed by atoms with van der Waals surface area (Å²) in [4.78, 5) is 16.6. The van der Waals surface area contributed by atoms with Crippen LogP contribution in [-0.2, 0) is 5.41 Å². The number of aliphatic hydroxyl groups excluding tert-OH is 1. The summed E-state index contributed by atoms with van der Waals surface area (Å²) in [5.41, 5.74) is 2.95. The van der Waals surface area contributed by atoms with E-state index in [1.807, 2.05) is 26.8 Å². The molecule has 2 N–H and O–H groups in total. The van der Waals surface area contributed by atoms with Crippen molar-refractivity contribution in [1.82, 2.24) is 9.55 Å². The Morgan fingerprint density at radius 1 is 1.28 bits per heavy atom. The lowest BCUT2D eigenvalue weighted by atomic mass is 9.91. The lowest BCUT2D eigenvalue weighted by Gasteiger charge is -2.20. The van der Waals surface area contributed by atoms with Crippen molar-refractivity contribution in [2.45, 2.75) is 39.2 Å². The summed E-state index contributed by atoms with van der Waals surface area (Å²) in [6, 6.07) is 10.3. The molecule has 0 spiro atoms. The van der Waals surface area contributed by atoms with Crippen molar-refractivity contribution in [3.63, 3.8) is 0 Å². The van der Waals surface area contributed by atoms with Gasteiger partial charge in [-0.05, 0) is 42.8 Å². The first-order valence-corrected chi connectivity index (χ1v) is 10.0. The fraction of sp³-hybridized carbons (Fsp3) is 0.292. The monoisotopic (exact) mass is 433 g/mol. The number of aryl methyl sites for hydroxylation is 1. The quantitative estimate of drug-likeness (QED) is 0.472. The normalized spacial score (nSPS) is 12.8. The van der Waals surface area contributed by atoms with Gasteiger partial charge in [-0.1, -0.05) is 20.8 Å². The van der Waals surface area contributed by atoms with Gasteiger partial charge in [0, 0.05) is 22.1 Å². The van der Waals surface area contributed by atoms with Crippen molar-refractivity contribution < 1.29 is 24.2 Å². The van der Waals surface area contributed by atoms with Gasteiger partial charge in [-0.2, -0.15) is 5.26 Å². The van der Waals surface area contributed by atoms with E-state index >= 15 is 0 Å². The summed E-state index contributed by atoms with van der Waals surface area (Å²) in [6.07, 6.45) is -2.42. The second kappa shape index (κ2) is 7.39. The second-order valence-electron chi connectivity index (χ2n) is 8.72. The van der Waals surface area contributed by atoms with E-state index in [0.29, 0.717) is 50.1 Å². The Morgan fingerprint density at radius 3 is 2.59 bits per heavy atom. The van der Waals surface area contributed by atoms with Gasteiger partial charge in [0.05, 0.1) is 24.3 Å². The van der Waals surface area contributed by atoms with Gasteiger partial charge >= 0.3 is 6.09 Å². The molecular weight excluding hydrogens is 410 g/mol. The molecule has 4 aromatic rings. The van der Waals surface area contributed by atoms with Gasteiger partial charge < -0.3 is 19.4 Å². The number of hydrogen-bond donors (Lipinski definition) is 2. The molecular formula is C24H23N3O5. The molecule has 2 heterocycles. The largest absolute Gasteiger partial charge is 0.496 e. The molecule has 0 aliphatic heterocycles. The van der Waals surface area contributed by atoms with E-state index in [-0.39, 0.29) is 5.89 Å². The molecule has 4 rings (SSSR count). The number of rotatable bonds is 3. The molecule has 0 fully saturated rings. The Kier molecular flexibility index (Phi) is 4.94. The molecule has 0 saturated heterocycles. The summed E-state index contributed by atoms with van der Waals surface area (Å²) < 4.78 is 12.6. The topological polar surface area (TPSA) is 122 Å². The van der Waals surface area contributed by atoms with Crippen LogP contribution in [0.5, 0.6) is 5.75 Å². The molecule has 2 aromatic carbocycles. The summed E-state index contributed by atoms with van der Waals surface area (Å²) in [5, 5.41) is 30.9. The number of nitriles is 1. The van der Waals surface area contributed by atoms with Crippen molar-refractivity contribution in [2.24, 2.45) is 0 Å². The molecule has 0 bridgehead atoms. The minimum atomic E-state index is -1.32. The van der Waals surface area contributed by atoms with E-state index in [4.69, 9.17) is 14.4 Å². The molecule has 32 heavy (non-hydrogen) atoms. The van der Waals surface area contributed by atoms with Gasteiger partial charge in [0.1, 0.15) is 11.3 Å². The number of oxazole rings is 1. The molecule has 2 aromatic heterocycles. The van der Waals surface area contributed by atoms with Gasteiger partial charge in [-0.15, -0.1) is 0 Å².